The Balaban J connectivity index is 1.30. The fourth-order valence-corrected chi connectivity index (χ4v) is 5.36. The first-order chi connectivity index (χ1) is 16.1. The van der Waals surface area contributed by atoms with Gasteiger partial charge in [0.25, 0.3) is 0 Å². The van der Waals surface area contributed by atoms with E-state index in [1.54, 1.807) is 0 Å². The second kappa shape index (κ2) is 9.59. The highest BCUT2D eigenvalue weighted by atomic mass is 16.2. The summed E-state index contributed by atoms with van der Waals surface area (Å²) in [6.07, 6.45) is 5.49. The average Bonchev–Trinajstić information content (AvgIpc) is 3.47. The summed E-state index contributed by atoms with van der Waals surface area (Å²) in [7, 11) is 0. The number of aryl methyl sites for hydroxylation is 1. The van der Waals surface area contributed by atoms with Crippen LogP contribution in [0.15, 0.2) is 30.3 Å². The van der Waals surface area contributed by atoms with Crippen molar-refractivity contribution in [2.45, 2.75) is 51.4 Å². The van der Waals surface area contributed by atoms with E-state index in [2.05, 4.69) is 17.0 Å². The Labute approximate surface area is 195 Å². The SMILES string of the molecule is Cc1nc(C2CCCN(CC(=O)N3CCCC3)C2)nc2c1CC(=O)N2CCc1ccccc1. The van der Waals surface area contributed by atoms with Crippen LogP contribution < -0.4 is 4.90 Å². The van der Waals surface area contributed by atoms with Crippen molar-refractivity contribution in [1.82, 2.24) is 19.8 Å². The summed E-state index contributed by atoms with van der Waals surface area (Å²) >= 11 is 0. The third-order valence-corrected chi connectivity index (χ3v) is 7.25. The van der Waals surface area contributed by atoms with Crippen LogP contribution in [0.4, 0.5) is 5.82 Å². The number of aromatic nitrogens is 2. The van der Waals surface area contributed by atoms with Crippen molar-refractivity contribution in [2.75, 3.05) is 44.2 Å². The van der Waals surface area contributed by atoms with Gasteiger partial charge in [-0.05, 0) is 51.1 Å². The van der Waals surface area contributed by atoms with E-state index in [9.17, 15) is 9.59 Å². The van der Waals surface area contributed by atoms with Crippen LogP contribution >= 0.6 is 0 Å². The van der Waals surface area contributed by atoms with Gasteiger partial charge in [0.15, 0.2) is 0 Å². The highest BCUT2D eigenvalue weighted by Gasteiger charge is 2.33. The van der Waals surface area contributed by atoms with Gasteiger partial charge in [-0.15, -0.1) is 0 Å². The van der Waals surface area contributed by atoms with E-state index >= 15 is 0 Å². The maximum Gasteiger partial charge on any atom is 0.236 e. The topological polar surface area (TPSA) is 69.6 Å². The van der Waals surface area contributed by atoms with Crippen molar-refractivity contribution in [2.24, 2.45) is 0 Å². The number of likely N-dealkylation sites (tertiary alicyclic amines) is 2. The molecule has 7 heteroatoms. The first-order valence-electron chi connectivity index (χ1n) is 12.3. The van der Waals surface area contributed by atoms with Crippen LogP contribution in [0.2, 0.25) is 0 Å². The number of anilines is 1. The molecule has 0 aliphatic carbocycles. The third kappa shape index (κ3) is 4.78. The Hall–Kier alpha value is -2.80. The summed E-state index contributed by atoms with van der Waals surface area (Å²) in [6.45, 7) is 6.66. The molecular formula is C26H33N5O2. The van der Waals surface area contributed by atoms with Crippen LogP contribution in [0.1, 0.15) is 54.2 Å². The summed E-state index contributed by atoms with van der Waals surface area (Å²) in [6, 6.07) is 10.3. The average molecular weight is 448 g/mol. The standard InChI is InChI=1S/C26H33N5O2/c1-19-22-16-23(32)31(15-11-20-8-3-2-4-9-20)26(22)28-25(27-19)21-10-7-12-29(17-21)18-24(33)30-13-5-6-14-30/h2-4,8-9,21H,5-7,10-18H2,1H3. The lowest BCUT2D eigenvalue weighted by Gasteiger charge is -2.32. The number of rotatable bonds is 6. The van der Waals surface area contributed by atoms with Crippen LogP contribution in [0.3, 0.4) is 0 Å². The number of amides is 2. The predicted molar refractivity (Wildman–Crippen MR) is 127 cm³/mol. The van der Waals surface area contributed by atoms with Crippen LogP contribution in [-0.2, 0) is 22.4 Å². The van der Waals surface area contributed by atoms with Gasteiger partial charge >= 0.3 is 0 Å². The summed E-state index contributed by atoms with van der Waals surface area (Å²) in [4.78, 5) is 41.3. The fraction of sp³-hybridized carbons (Fsp3) is 0.538. The smallest absolute Gasteiger partial charge is 0.236 e. The van der Waals surface area contributed by atoms with Gasteiger partial charge in [-0.1, -0.05) is 30.3 Å². The zero-order valence-electron chi connectivity index (χ0n) is 19.5. The molecule has 5 rings (SSSR count). The Bertz CT molecular complexity index is 1020. The molecule has 1 atom stereocenters. The molecule has 0 N–H and O–H groups in total. The van der Waals surface area contributed by atoms with E-state index in [0.717, 1.165) is 81.2 Å². The number of carbonyl (C=O) groups is 2. The van der Waals surface area contributed by atoms with Gasteiger partial charge in [-0.3, -0.25) is 19.4 Å². The Kier molecular flexibility index (Phi) is 6.40. The quantitative estimate of drug-likeness (QED) is 0.681. The van der Waals surface area contributed by atoms with Crippen LogP contribution in [-0.4, -0.2) is 70.9 Å². The molecule has 0 spiro atoms. The summed E-state index contributed by atoms with van der Waals surface area (Å²) in [5, 5.41) is 0. The number of hydrogen-bond acceptors (Lipinski definition) is 5. The molecule has 1 aromatic carbocycles. The van der Waals surface area contributed by atoms with E-state index < -0.39 is 0 Å². The predicted octanol–water partition coefficient (Wildman–Crippen LogP) is 2.72. The highest BCUT2D eigenvalue weighted by Crippen LogP contribution is 2.33. The molecule has 1 unspecified atom stereocenters. The van der Waals surface area contributed by atoms with Crippen molar-refractivity contribution in [3.05, 3.63) is 53.0 Å². The molecule has 4 heterocycles. The molecule has 174 valence electrons. The van der Waals surface area contributed by atoms with Gasteiger partial charge in [0.05, 0.1) is 13.0 Å². The van der Waals surface area contributed by atoms with Crippen LogP contribution in [0, 0.1) is 6.92 Å². The molecule has 0 radical (unpaired) electrons. The van der Waals surface area contributed by atoms with E-state index in [0.29, 0.717) is 19.5 Å². The lowest BCUT2D eigenvalue weighted by atomic mass is 9.96. The Morgan fingerprint density at radius 2 is 1.85 bits per heavy atom. The molecule has 3 aliphatic rings. The molecule has 3 aliphatic heterocycles. The molecule has 2 aromatic rings. The number of carbonyl (C=O) groups excluding carboxylic acids is 2. The van der Waals surface area contributed by atoms with Crippen molar-refractivity contribution < 1.29 is 9.59 Å². The van der Waals surface area contributed by atoms with E-state index in [1.807, 2.05) is 34.9 Å². The van der Waals surface area contributed by atoms with E-state index in [-0.39, 0.29) is 17.7 Å². The molecule has 1 aromatic heterocycles. The zero-order chi connectivity index (χ0) is 22.8. The highest BCUT2D eigenvalue weighted by molar-refractivity contribution is 6.00. The first kappa shape index (κ1) is 22.0. The van der Waals surface area contributed by atoms with Gasteiger partial charge in [0, 0.05) is 43.4 Å². The number of fused-ring (bicyclic) bond motifs is 1. The van der Waals surface area contributed by atoms with Gasteiger partial charge in [-0.25, -0.2) is 9.97 Å². The summed E-state index contributed by atoms with van der Waals surface area (Å²) in [5.74, 6) is 2.17. The number of hydrogen-bond donors (Lipinski definition) is 0. The van der Waals surface area contributed by atoms with Crippen molar-refractivity contribution in [3.8, 4) is 0 Å². The Morgan fingerprint density at radius 1 is 1.06 bits per heavy atom. The first-order valence-corrected chi connectivity index (χ1v) is 12.3. The van der Waals surface area contributed by atoms with E-state index in [1.165, 1.54) is 5.56 Å². The largest absolute Gasteiger partial charge is 0.342 e. The minimum Gasteiger partial charge on any atom is -0.342 e. The molecular weight excluding hydrogens is 414 g/mol. The molecule has 33 heavy (non-hydrogen) atoms. The van der Waals surface area contributed by atoms with Gasteiger partial charge in [-0.2, -0.15) is 0 Å². The lowest BCUT2D eigenvalue weighted by molar-refractivity contribution is -0.131. The van der Waals surface area contributed by atoms with Crippen molar-refractivity contribution >= 4 is 17.6 Å². The number of benzene rings is 1. The van der Waals surface area contributed by atoms with Crippen LogP contribution in [0.25, 0.3) is 0 Å². The second-order valence-corrected chi connectivity index (χ2v) is 9.59. The number of nitrogens with zero attached hydrogens (tertiary/aromatic N) is 5. The van der Waals surface area contributed by atoms with Crippen molar-refractivity contribution in [1.29, 1.82) is 0 Å². The van der Waals surface area contributed by atoms with Gasteiger partial charge in [0.1, 0.15) is 11.6 Å². The molecule has 0 bridgehead atoms. The third-order valence-electron chi connectivity index (χ3n) is 7.25. The second-order valence-electron chi connectivity index (χ2n) is 9.59. The molecule has 2 amide bonds. The molecule has 7 nitrogen and oxygen atoms in total. The number of piperidine rings is 1. The monoisotopic (exact) mass is 447 g/mol. The van der Waals surface area contributed by atoms with Gasteiger partial charge in [0.2, 0.25) is 11.8 Å². The lowest BCUT2D eigenvalue weighted by Crippen LogP contribution is -2.43. The zero-order valence-corrected chi connectivity index (χ0v) is 19.5. The minimum absolute atomic E-state index is 0.108. The van der Waals surface area contributed by atoms with Crippen LogP contribution in [0.5, 0.6) is 0 Å². The van der Waals surface area contributed by atoms with Gasteiger partial charge < -0.3 is 4.90 Å². The molecule has 2 fully saturated rings. The fourth-order valence-electron chi connectivity index (χ4n) is 5.36. The van der Waals surface area contributed by atoms with Crippen molar-refractivity contribution in [3.63, 3.8) is 0 Å². The maximum atomic E-state index is 12.8. The molecule has 0 saturated carbocycles. The molecule has 2 saturated heterocycles. The normalized spacial score (nSPS) is 21.0. The minimum atomic E-state index is 0.108. The maximum absolute atomic E-state index is 12.8. The van der Waals surface area contributed by atoms with E-state index in [4.69, 9.17) is 9.97 Å². The Morgan fingerprint density at radius 3 is 2.64 bits per heavy atom. The summed E-state index contributed by atoms with van der Waals surface area (Å²) in [5.41, 5.74) is 3.10. The summed E-state index contributed by atoms with van der Waals surface area (Å²) < 4.78 is 0.